The Morgan fingerprint density at radius 1 is 1.37 bits per heavy atom. The number of piperidine rings is 1. The van der Waals surface area contributed by atoms with Crippen LogP contribution in [0.3, 0.4) is 0 Å². The van der Waals surface area contributed by atoms with E-state index < -0.39 is 0 Å². The molecule has 1 aliphatic rings. The third-order valence-electron chi connectivity index (χ3n) is 4.21. The molecular formula is C16H26N2O. The lowest BCUT2D eigenvalue weighted by molar-refractivity contribution is 0.293. The second kappa shape index (κ2) is 6.92. The molecule has 19 heavy (non-hydrogen) atoms. The molecule has 106 valence electrons. The highest BCUT2D eigenvalue weighted by atomic mass is 16.5. The standard InChI is InChI=1S/C16H26N2O/c1-4-12-11-14(5-6-15(12)19-3)16(17-2)13-7-9-18-10-8-13/h5-6,11,13,16-18H,4,7-10H2,1-3H3. The van der Waals surface area contributed by atoms with E-state index in [1.165, 1.54) is 24.0 Å². The molecular weight excluding hydrogens is 236 g/mol. The lowest BCUT2D eigenvalue weighted by atomic mass is 9.85. The van der Waals surface area contributed by atoms with Crippen molar-refractivity contribution in [3.8, 4) is 5.75 Å². The zero-order valence-electron chi connectivity index (χ0n) is 12.3. The summed E-state index contributed by atoms with van der Waals surface area (Å²) in [5.41, 5.74) is 2.70. The second-order valence-electron chi connectivity index (χ2n) is 5.28. The maximum atomic E-state index is 5.42. The molecule has 1 unspecified atom stereocenters. The zero-order chi connectivity index (χ0) is 13.7. The largest absolute Gasteiger partial charge is 0.496 e. The van der Waals surface area contributed by atoms with E-state index >= 15 is 0 Å². The van der Waals surface area contributed by atoms with E-state index in [1.54, 1.807) is 7.11 Å². The average molecular weight is 262 g/mol. The Labute approximate surface area is 116 Å². The molecule has 1 heterocycles. The fourth-order valence-corrected chi connectivity index (χ4v) is 3.12. The van der Waals surface area contributed by atoms with Crippen LogP contribution in [-0.4, -0.2) is 27.2 Å². The summed E-state index contributed by atoms with van der Waals surface area (Å²) >= 11 is 0. The quantitative estimate of drug-likeness (QED) is 0.855. The summed E-state index contributed by atoms with van der Waals surface area (Å²) in [5.74, 6) is 1.73. The van der Waals surface area contributed by atoms with Gasteiger partial charge in [0, 0.05) is 6.04 Å². The minimum atomic E-state index is 0.457. The van der Waals surface area contributed by atoms with Gasteiger partial charge in [-0.15, -0.1) is 0 Å². The zero-order valence-corrected chi connectivity index (χ0v) is 12.3. The number of benzene rings is 1. The van der Waals surface area contributed by atoms with Crippen LogP contribution in [0.5, 0.6) is 5.75 Å². The molecule has 0 saturated carbocycles. The van der Waals surface area contributed by atoms with Crippen molar-refractivity contribution in [1.29, 1.82) is 0 Å². The predicted molar refractivity (Wildman–Crippen MR) is 79.8 cm³/mol. The molecule has 3 nitrogen and oxygen atoms in total. The SMILES string of the molecule is CCc1cc(C(NC)C2CCNCC2)ccc1OC. The van der Waals surface area contributed by atoms with Gasteiger partial charge in [-0.25, -0.2) is 0 Å². The summed E-state index contributed by atoms with van der Waals surface area (Å²) in [6.45, 7) is 4.46. The molecule has 2 N–H and O–H groups in total. The van der Waals surface area contributed by atoms with E-state index in [1.807, 2.05) is 0 Å². The van der Waals surface area contributed by atoms with Crippen LogP contribution >= 0.6 is 0 Å². The van der Waals surface area contributed by atoms with E-state index in [0.717, 1.165) is 31.2 Å². The Morgan fingerprint density at radius 2 is 2.11 bits per heavy atom. The summed E-state index contributed by atoms with van der Waals surface area (Å²) in [4.78, 5) is 0. The Balaban J connectivity index is 2.22. The van der Waals surface area contributed by atoms with E-state index in [0.29, 0.717) is 6.04 Å². The maximum absolute atomic E-state index is 5.42. The Morgan fingerprint density at radius 3 is 2.68 bits per heavy atom. The molecule has 0 aliphatic carbocycles. The third kappa shape index (κ3) is 3.28. The maximum Gasteiger partial charge on any atom is 0.122 e. The first-order valence-corrected chi connectivity index (χ1v) is 7.35. The van der Waals surface area contributed by atoms with Gasteiger partial charge >= 0.3 is 0 Å². The minimum absolute atomic E-state index is 0.457. The highest BCUT2D eigenvalue weighted by molar-refractivity contribution is 5.38. The van der Waals surface area contributed by atoms with Gasteiger partial charge in [-0.1, -0.05) is 19.1 Å². The smallest absolute Gasteiger partial charge is 0.122 e. The van der Waals surface area contributed by atoms with Crippen molar-refractivity contribution >= 4 is 0 Å². The van der Waals surface area contributed by atoms with Gasteiger partial charge in [0.2, 0.25) is 0 Å². The highest BCUT2D eigenvalue weighted by Crippen LogP contribution is 2.31. The van der Waals surface area contributed by atoms with E-state index in [4.69, 9.17) is 4.74 Å². The molecule has 0 spiro atoms. The first-order valence-electron chi connectivity index (χ1n) is 7.35. The molecule has 2 rings (SSSR count). The molecule has 1 aliphatic heterocycles. The summed E-state index contributed by atoms with van der Waals surface area (Å²) < 4.78 is 5.42. The lowest BCUT2D eigenvalue weighted by Crippen LogP contribution is -2.35. The van der Waals surface area contributed by atoms with Gasteiger partial charge in [0.25, 0.3) is 0 Å². The highest BCUT2D eigenvalue weighted by Gasteiger charge is 2.24. The first-order chi connectivity index (χ1) is 9.30. The van der Waals surface area contributed by atoms with Crippen LogP contribution in [0.4, 0.5) is 0 Å². The van der Waals surface area contributed by atoms with Gasteiger partial charge in [0.1, 0.15) is 5.75 Å². The number of nitrogens with one attached hydrogen (secondary N) is 2. The molecule has 0 bridgehead atoms. The van der Waals surface area contributed by atoms with Gasteiger partial charge in [-0.3, -0.25) is 0 Å². The monoisotopic (exact) mass is 262 g/mol. The van der Waals surface area contributed by atoms with Crippen molar-refractivity contribution in [1.82, 2.24) is 10.6 Å². The van der Waals surface area contributed by atoms with Crippen LogP contribution < -0.4 is 15.4 Å². The molecule has 1 aromatic carbocycles. The molecule has 0 radical (unpaired) electrons. The number of methoxy groups -OCH3 is 1. The lowest BCUT2D eigenvalue weighted by Gasteiger charge is -2.31. The van der Waals surface area contributed by atoms with Gasteiger partial charge in [-0.2, -0.15) is 0 Å². The number of aryl methyl sites for hydroxylation is 1. The molecule has 1 fully saturated rings. The van der Waals surface area contributed by atoms with Crippen LogP contribution in [0.15, 0.2) is 18.2 Å². The third-order valence-corrected chi connectivity index (χ3v) is 4.21. The normalized spacial score (nSPS) is 18.3. The molecule has 1 saturated heterocycles. The predicted octanol–water partition coefficient (Wildman–Crippen LogP) is 2.52. The van der Waals surface area contributed by atoms with Crippen molar-refractivity contribution in [3.05, 3.63) is 29.3 Å². The van der Waals surface area contributed by atoms with E-state index in [9.17, 15) is 0 Å². The molecule has 1 atom stereocenters. The molecule has 3 heteroatoms. The van der Waals surface area contributed by atoms with Crippen molar-refractivity contribution < 1.29 is 4.74 Å². The van der Waals surface area contributed by atoms with Crippen molar-refractivity contribution in [3.63, 3.8) is 0 Å². The summed E-state index contributed by atoms with van der Waals surface area (Å²) in [6.07, 6.45) is 3.51. The number of rotatable bonds is 5. The molecule has 0 amide bonds. The Hall–Kier alpha value is -1.06. The van der Waals surface area contributed by atoms with Crippen LogP contribution in [-0.2, 0) is 6.42 Å². The van der Waals surface area contributed by atoms with Gasteiger partial charge in [0.15, 0.2) is 0 Å². The van der Waals surface area contributed by atoms with Crippen LogP contribution in [0.2, 0.25) is 0 Å². The number of hydrogen-bond acceptors (Lipinski definition) is 3. The van der Waals surface area contributed by atoms with Gasteiger partial charge in [0.05, 0.1) is 7.11 Å². The first kappa shape index (κ1) is 14.4. The fraction of sp³-hybridized carbons (Fsp3) is 0.625. The molecule has 1 aromatic rings. The fourth-order valence-electron chi connectivity index (χ4n) is 3.12. The summed E-state index contributed by atoms with van der Waals surface area (Å²) in [6, 6.07) is 7.08. The minimum Gasteiger partial charge on any atom is -0.496 e. The van der Waals surface area contributed by atoms with Crippen LogP contribution in [0.1, 0.15) is 36.9 Å². The van der Waals surface area contributed by atoms with Gasteiger partial charge in [-0.05, 0) is 62.5 Å². The second-order valence-corrected chi connectivity index (χ2v) is 5.28. The molecule has 0 aromatic heterocycles. The summed E-state index contributed by atoms with van der Waals surface area (Å²) in [5, 5.41) is 6.95. The van der Waals surface area contributed by atoms with Crippen LogP contribution in [0.25, 0.3) is 0 Å². The Kier molecular flexibility index (Phi) is 5.23. The summed E-state index contributed by atoms with van der Waals surface area (Å²) in [7, 11) is 3.82. The van der Waals surface area contributed by atoms with Crippen molar-refractivity contribution in [2.45, 2.75) is 32.2 Å². The van der Waals surface area contributed by atoms with E-state index in [-0.39, 0.29) is 0 Å². The number of ether oxygens (including phenoxy) is 1. The number of hydrogen-bond donors (Lipinski definition) is 2. The Bertz CT molecular complexity index is 400. The van der Waals surface area contributed by atoms with Crippen molar-refractivity contribution in [2.24, 2.45) is 5.92 Å². The topological polar surface area (TPSA) is 33.3 Å². The van der Waals surface area contributed by atoms with Crippen molar-refractivity contribution in [2.75, 3.05) is 27.2 Å². The van der Waals surface area contributed by atoms with Crippen LogP contribution in [0, 0.1) is 5.92 Å². The van der Waals surface area contributed by atoms with E-state index in [2.05, 4.69) is 42.8 Å². The van der Waals surface area contributed by atoms with Gasteiger partial charge < -0.3 is 15.4 Å². The average Bonchev–Trinajstić information content (AvgIpc) is 2.49.